The van der Waals surface area contributed by atoms with Gasteiger partial charge in [0.05, 0.1) is 17.5 Å². The lowest BCUT2D eigenvalue weighted by atomic mass is 9.99. The number of rotatable bonds is 11. The predicted octanol–water partition coefficient (Wildman–Crippen LogP) is 6.71. The lowest BCUT2D eigenvalue weighted by molar-refractivity contribution is -0.211. The zero-order valence-electron chi connectivity index (χ0n) is 24.0. The number of hydrogen-bond donors (Lipinski definition) is 1. The molecule has 222 valence electrons. The van der Waals surface area contributed by atoms with E-state index in [9.17, 15) is 18.4 Å². The summed E-state index contributed by atoms with van der Waals surface area (Å²) >= 11 is 1.33. The first-order valence-electron chi connectivity index (χ1n) is 13.7. The SMILES string of the molecule is CC(C)C(=O)c1cn(Cc2c(F)cccc2F)c2sc(-c3ccc(OON)cc3)c(CN(C)Cc3ccccc3)c2c1=O. The van der Waals surface area contributed by atoms with Crippen LogP contribution >= 0.6 is 11.3 Å². The molecule has 2 heterocycles. The van der Waals surface area contributed by atoms with Gasteiger partial charge in [-0.05, 0) is 60.1 Å². The summed E-state index contributed by atoms with van der Waals surface area (Å²) in [5.41, 5.74) is 2.02. The van der Waals surface area contributed by atoms with Crippen LogP contribution in [0.2, 0.25) is 0 Å². The van der Waals surface area contributed by atoms with E-state index in [2.05, 4.69) is 9.89 Å². The number of benzene rings is 3. The summed E-state index contributed by atoms with van der Waals surface area (Å²) < 4.78 is 31.2. The number of halogens is 2. The molecule has 5 aromatic rings. The van der Waals surface area contributed by atoms with Crippen LogP contribution < -0.4 is 16.2 Å². The second-order valence-corrected chi connectivity index (χ2v) is 11.7. The molecule has 0 unspecified atom stereocenters. The number of Topliss-reactive ketones (excluding diaryl/α,β-unsaturated/α-hetero) is 1. The van der Waals surface area contributed by atoms with Crippen LogP contribution in [0.1, 0.15) is 40.9 Å². The molecule has 0 fully saturated rings. The van der Waals surface area contributed by atoms with Crippen molar-refractivity contribution in [2.24, 2.45) is 11.8 Å². The lowest BCUT2D eigenvalue weighted by Crippen LogP contribution is -2.24. The van der Waals surface area contributed by atoms with Crippen molar-refractivity contribution in [3.05, 3.63) is 123 Å². The average Bonchev–Trinajstić information content (AvgIpc) is 3.36. The normalized spacial score (nSPS) is 11.5. The second-order valence-electron chi connectivity index (χ2n) is 10.7. The molecule has 43 heavy (non-hydrogen) atoms. The summed E-state index contributed by atoms with van der Waals surface area (Å²) in [5.74, 6) is 3.21. The molecular formula is C33H31F2N3O4S. The van der Waals surface area contributed by atoms with Crippen LogP contribution in [0.4, 0.5) is 8.78 Å². The Morgan fingerprint density at radius 2 is 1.63 bits per heavy atom. The molecular weight excluding hydrogens is 572 g/mol. The summed E-state index contributed by atoms with van der Waals surface area (Å²) in [7, 11) is 1.95. The zero-order valence-corrected chi connectivity index (χ0v) is 24.8. The van der Waals surface area contributed by atoms with Crippen LogP contribution in [-0.4, -0.2) is 22.3 Å². The third-order valence-electron chi connectivity index (χ3n) is 7.17. The molecule has 0 aliphatic rings. The van der Waals surface area contributed by atoms with Gasteiger partial charge in [-0.2, -0.15) is 5.90 Å². The van der Waals surface area contributed by atoms with Crippen LogP contribution in [0, 0.1) is 17.6 Å². The van der Waals surface area contributed by atoms with E-state index in [0.29, 0.717) is 34.6 Å². The molecule has 0 radical (unpaired) electrons. The lowest BCUT2D eigenvalue weighted by Gasteiger charge is -2.18. The van der Waals surface area contributed by atoms with Crippen molar-refractivity contribution in [2.75, 3.05) is 7.05 Å². The third kappa shape index (κ3) is 6.42. The summed E-state index contributed by atoms with van der Waals surface area (Å²) in [6.45, 7) is 4.21. The minimum absolute atomic E-state index is 0.0144. The molecule has 0 atom stereocenters. The molecule has 0 bridgehead atoms. The molecule has 3 aromatic carbocycles. The van der Waals surface area contributed by atoms with Crippen molar-refractivity contribution in [2.45, 2.75) is 33.5 Å². The molecule has 7 nitrogen and oxygen atoms in total. The van der Waals surface area contributed by atoms with Gasteiger partial charge in [-0.1, -0.05) is 55.2 Å². The van der Waals surface area contributed by atoms with Crippen LogP contribution in [0.25, 0.3) is 20.7 Å². The highest BCUT2D eigenvalue weighted by Crippen LogP contribution is 2.39. The van der Waals surface area contributed by atoms with Crippen molar-refractivity contribution in [1.29, 1.82) is 0 Å². The molecule has 0 aliphatic carbocycles. The predicted molar refractivity (Wildman–Crippen MR) is 164 cm³/mol. The van der Waals surface area contributed by atoms with E-state index in [1.807, 2.05) is 49.5 Å². The number of carbonyl (C=O) groups excluding carboxylic acids is 1. The molecule has 2 aromatic heterocycles. The van der Waals surface area contributed by atoms with Gasteiger partial charge in [-0.3, -0.25) is 14.5 Å². The van der Waals surface area contributed by atoms with E-state index in [1.54, 1.807) is 30.5 Å². The molecule has 0 saturated heterocycles. The van der Waals surface area contributed by atoms with E-state index < -0.39 is 23.0 Å². The summed E-state index contributed by atoms with van der Waals surface area (Å²) in [4.78, 5) is 40.0. The maximum atomic E-state index is 14.8. The molecule has 2 N–H and O–H groups in total. The summed E-state index contributed by atoms with van der Waals surface area (Å²) in [6, 6.07) is 20.6. The number of ketones is 1. The van der Waals surface area contributed by atoms with Gasteiger partial charge in [0.15, 0.2) is 11.5 Å². The summed E-state index contributed by atoms with van der Waals surface area (Å²) in [5, 5.41) is 0.355. The van der Waals surface area contributed by atoms with Crippen LogP contribution in [0.15, 0.2) is 83.8 Å². The minimum Gasteiger partial charge on any atom is -0.334 e. The first kappa shape index (κ1) is 30.2. The van der Waals surface area contributed by atoms with E-state index in [-0.39, 0.29) is 23.5 Å². The molecule has 5 rings (SSSR count). The monoisotopic (exact) mass is 603 g/mol. The number of fused-ring (bicyclic) bond motifs is 1. The van der Waals surface area contributed by atoms with E-state index in [0.717, 1.165) is 16.0 Å². The van der Waals surface area contributed by atoms with Crippen molar-refractivity contribution in [3.63, 3.8) is 0 Å². The van der Waals surface area contributed by atoms with Crippen molar-refractivity contribution >= 4 is 27.3 Å². The van der Waals surface area contributed by atoms with Gasteiger partial charge >= 0.3 is 0 Å². The standard InChI is InChI=1S/C33H31F2N3O4S/c1-20(2)30(39)26-19-38(18-24-27(34)10-7-11-28(24)35)33-29(31(26)40)25(17-37(3)16-21-8-5-4-6-9-21)32(43-33)22-12-14-23(15-13-22)41-42-36/h4-15,19-20H,16-18,36H2,1-3H3. The Balaban J connectivity index is 1.74. The molecule has 0 amide bonds. The Kier molecular flexibility index (Phi) is 9.12. The largest absolute Gasteiger partial charge is 0.334 e. The van der Waals surface area contributed by atoms with Crippen LogP contribution in [-0.2, 0) is 24.6 Å². The number of carbonyl (C=O) groups is 1. The van der Waals surface area contributed by atoms with E-state index >= 15 is 0 Å². The van der Waals surface area contributed by atoms with Crippen LogP contribution in [0.5, 0.6) is 5.75 Å². The maximum Gasteiger partial charge on any atom is 0.201 e. The fourth-order valence-electron chi connectivity index (χ4n) is 5.08. The first-order chi connectivity index (χ1) is 20.7. The zero-order chi connectivity index (χ0) is 30.7. The Labute approximate surface area is 251 Å². The van der Waals surface area contributed by atoms with Gasteiger partial charge in [-0.25, -0.2) is 8.78 Å². The highest BCUT2D eigenvalue weighted by atomic mass is 32.1. The van der Waals surface area contributed by atoms with Gasteiger partial charge in [0.2, 0.25) is 5.43 Å². The Morgan fingerprint density at radius 3 is 2.26 bits per heavy atom. The number of nitrogens with zero attached hydrogens (tertiary/aromatic N) is 2. The number of thiophene rings is 1. The summed E-state index contributed by atoms with van der Waals surface area (Å²) in [6.07, 6.45) is 1.44. The topological polar surface area (TPSA) is 86.8 Å². The Hall–Kier alpha value is -4.22. The second kappa shape index (κ2) is 13.0. The highest BCUT2D eigenvalue weighted by Gasteiger charge is 2.26. The third-order valence-corrected chi connectivity index (χ3v) is 8.49. The quantitative estimate of drug-likeness (QED) is 0.103. The van der Waals surface area contributed by atoms with Crippen molar-refractivity contribution in [1.82, 2.24) is 9.47 Å². The van der Waals surface area contributed by atoms with Crippen LogP contribution in [0.3, 0.4) is 0 Å². The minimum atomic E-state index is -0.708. The van der Waals surface area contributed by atoms with Gasteiger partial charge in [0.1, 0.15) is 16.5 Å². The number of hydrogen-bond acceptors (Lipinski definition) is 7. The van der Waals surface area contributed by atoms with Gasteiger partial charge in [0, 0.05) is 35.6 Å². The van der Waals surface area contributed by atoms with Gasteiger partial charge in [0.25, 0.3) is 0 Å². The molecule has 0 saturated carbocycles. The van der Waals surface area contributed by atoms with Crippen molar-refractivity contribution < 1.29 is 23.5 Å². The first-order valence-corrected chi connectivity index (χ1v) is 14.5. The number of aromatic nitrogens is 1. The van der Waals surface area contributed by atoms with E-state index in [4.69, 9.17) is 10.8 Å². The fraction of sp³-hybridized carbons (Fsp3) is 0.212. The highest BCUT2D eigenvalue weighted by molar-refractivity contribution is 7.22. The fourth-order valence-corrected chi connectivity index (χ4v) is 6.37. The molecule has 10 heteroatoms. The average molecular weight is 604 g/mol. The van der Waals surface area contributed by atoms with E-state index in [1.165, 1.54) is 35.7 Å². The smallest absolute Gasteiger partial charge is 0.201 e. The van der Waals surface area contributed by atoms with Gasteiger partial charge in [-0.15, -0.1) is 11.3 Å². The maximum absolute atomic E-state index is 14.8. The van der Waals surface area contributed by atoms with Crippen molar-refractivity contribution in [3.8, 4) is 16.2 Å². The Bertz CT molecular complexity index is 1800. The molecule has 0 spiro atoms. The number of nitrogens with two attached hydrogens (primary N) is 1. The Morgan fingerprint density at radius 1 is 0.953 bits per heavy atom. The molecule has 0 aliphatic heterocycles. The number of pyridine rings is 1. The van der Waals surface area contributed by atoms with Gasteiger partial charge < -0.3 is 9.45 Å².